The van der Waals surface area contributed by atoms with Gasteiger partial charge in [-0.15, -0.1) is 0 Å². The van der Waals surface area contributed by atoms with Gasteiger partial charge in [-0.1, -0.05) is 27.2 Å². The van der Waals surface area contributed by atoms with Crippen LogP contribution in [0.2, 0.25) is 0 Å². The average molecular weight is 282 g/mol. The predicted molar refractivity (Wildman–Crippen MR) is 85.1 cm³/mol. The highest BCUT2D eigenvalue weighted by atomic mass is 16.5. The van der Waals surface area contributed by atoms with Crippen LogP contribution in [0.5, 0.6) is 0 Å². The van der Waals surface area contributed by atoms with Crippen molar-refractivity contribution in [3.63, 3.8) is 0 Å². The summed E-state index contributed by atoms with van der Waals surface area (Å²) in [5.74, 6) is 0. The molecule has 2 rings (SSSR count). The maximum absolute atomic E-state index is 5.86. The molecule has 1 saturated carbocycles. The monoisotopic (exact) mass is 282 g/mol. The maximum Gasteiger partial charge on any atom is 0.0546 e. The Morgan fingerprint density at radius 3 is 2.70 bits per heavy atom. The lowest BCUT2D eigenvalue weighted by atomic mass is 9.81. The molecule has 20 heavy (non-hydrogen) atoms. The Morgan fingerprint density at radius 1 is 1.35 bits per heavy atom. The first-order chi connectivity index (χ1) is 9.65. The van der Waals surface area contributed by atoms with E-state index < -0.39 is 0 Å². The van der Waals surface area contributed by atoms with Crippen molar-refractivity contribution in [3.05, 3.63) is 0 Å². The minimum atomic E-state index is 0.346. The molecule has 0 bridgehead atoms. The molecule has 0 spiro atoms. The SMILES string of the molecule is CCCCN(CC1(CNC(C)C)CCCOC1)C1CC1. The second-order valence-corrected chi connectivity index (χ2v) is 7.25. The third kappa shape index (κ3) is 5.01. The minimum absolute atomic E-state index is 0.346. The molecule has 1 atom stereocenters. The van der Waals surface area contributed by atoms with Gasteiger partial charge in [-0.3, -0.25) is 4.90 Å². The summed E-state index contributed by atoms with van der Waals surface area (Å²) in [7, 11) is 0. The van der Waals surface area contributed by atoms with Crippen molar-refractivity contribution in [2.45, 2.75) is 71.4 Å². The number of rotatable bonds is 9. The number of nitrogens with zero attached hydrogens (tertiary/aromatic N) is 1. The van der Waals surface area contributed by atoms with Crippen molar-refractivity contribution in [1.29, 1.82) is 0 Å². The highest BCUT2D eigenvalue weighted by Crippen LogP contribution is 2.34. The van der Waals surface area contributed by atoms with Gasteiger partial charge in [-0.25, -0.2) is 0 Å². The molecule has 3 heteroatoms. The summed E-state index contributed by atoms with van der Waals surface area (Å²) in [6.45, 7) is 12.3. The van der Waals surface area contributed by atoms with Crippen LogP contribution < -0.4 is 5.32 Å². The lowest BCUT2D eigenvalue weighted by Crippen LogP contribution is -2.50. The second-order valence-electron chi connectivity index (χ2n) is 7.25. The lowest BCUT2D eigenvalue weighted by molar-refractivity contribution is -0.0285. The van der Waals surface area contributed by atoms with Crippen LogP contribution in [0.25, 0.3) is 0 Å². The van der Waals surface area contributed by atoms with Gasteiger partial charge in [-0.2, -0.15) is 0 Å². The van der Waals surface area contributed by atoms with Crippen LogP contribution in [-0.2, 0) is 4.74 Å². The smallest absolute Gasteiger partial charge is 0.0546 e. The zero-order valence-electron chi connectivity index (χ0n) is 13.8. The fourth-order valence-corrected chi connectivity index (χ4v) is 3.27. The van der Waals surface area contributed by atoms with Crippen molar-refractivity contribution < 1.29 is 4.74 Å². The van der Waals surface area contributed by atoms with Gasteiger partial charge in [0.05, 0.1) is 6.61 Å². The van der Waals surface area contributed by atoms with Crippen LogP contribution in [0, 0.1) is 5.41 Å². The molecule has 1 unspecified atom stereocenters. The molecule has 0 aromatic rings. The van der Waals surface area contributed by atoms with E-state index in [9.17, 15) is 0 Å². The van der Waals surface area contributed by atoms with E-state index in [0.717, 1.165) is 25.8 Å². The van der Waals surface area contributed by atoms with Crippen molar-refractivity contribution in [1.82, 2.24) is 10.2 Å². The highest BCUT2D eigenvalue weighted by Gasteiger charge is 2.38. The van der Waals surface area contributed by atoms with Gasteiger partial charge in [0.1, 0.15) is 0 Å². The minimum Gasteiger partial charge on any atom is -0.381 e. The first-order valence-corrected chi connectivity index (χ1v) is 8.70. The van der Waals surface area contributed by atoms with Crippen LogP contribution >= 0.6 is 0 Å². The molecular weight excluding hydrogens is 248 g/mol. The lowest BCUT2D eigenvalue weighted by Gasteiger charge is -2.41. The molecule has 1 aliphatic heterocycles. The van der Waals surface area contributed by atoms with Crippen LogP contribution in [0.15, 0.2) is 0 Å². The Kier molecular flexibility index (Phi) is 6.31. The summed E-state index contributed by atoms with van der Waals surface area (Å²) in [6.07, 6.45) is 8.02. The van der Waals surface area contributed by atoms with Gasteiger partial charge in [0.2, 0.25) is 0 Å². The van der Waals surface area contributed by atoms with Gasteiger partial charge >= 0.3 is 0 Å². The molecule has 3 nitrogen and oxygen atoms in total. The molecule has 2 aliphatic rings. The summed E-state index contributed by atoms with van der Waals surface area (Å²) in [4.78, 5) is 2.76. The Morgan fingerprint density at radius 2 is 2.15 bits per heavy atom. The van der Waals surface area contributed by atoms with Crippen LogP contribution in [0.4, 0.5) is 0 Å². The molecule has 118 valence electrons. The zero-order chi connectivity index (χ0) is 14.4. The molecule has 1 heterocycles. The van der Waals surface area contributed by atoms with Gasteiger partial charge in [0.25, 0.3) is 0 Å². The first-order valence-electron chi connectivity index (χ1n) is 8.70. The van der Waals surface area contributed by atoms with E-state index in [4.69, 9.17) is 4.74 Å². The Hall–Kier alpha value is -0.120. The number of ether oxygens (including phenoxy) is 1. The summed E-state index contributed by atoms with van der Waals surface area (Å²) in [5, 5.41) is 3.67. The van der Waals surface area contributed by atoms with Gasteiger partial charge in [0.15, 0.2) is 0 Å². The molecule has 1 N–H and O–H groups in total. The number of unbranched alkanes of at least 4 members (excludes halogenated alkanes) is 1. The molecular formula is C17H34N2O. The Balaban J connectivity index is 1.93. The van der Waals surface area contributed by atoms with E-state index in [0.29, 0.717) is 11.5 Å². The van der Waals surface area contributed by atoms with Gasteiger partial charge in [0, 0.05) is 37.2 Å². The molecule has 0 aromatic carbocycles. The standard InChI is InChI=1S/C17H34N2O/c1-4-5-10-19(16-7-8-16)13-17(12-18-15(2)3)9-6-11-20-14-17/h15-16,18H,4-14H2,1-3H3. The number of nitrogens with one attached hydrogen (secondary N) is 1. The topological polar surface area (TPSA) is 24.5 Å². The molecule has 0 radical (unpaired) electrons. The molecule has 0 aromatic heterocycles. The van der Waals surface area contributed by atoms with Crippen LogP contribution in [-0.4, -0.2) is 49.8 Å². The first kappa shape index (κ1) is 16.3. The van der Waals surface area contributed by atoms with Crippen molar-refractivity contribution in [2.75, 3.05) is 32.8 Å². The van der Waals surface area contributed by atoms with E-state index in [2.05, 4.69) is 31.0 Å². The van der Waals surface area contributed by atoms with Crippen molar-refractivity contribution in [2.24, 2.45) is 5.41 Å². The maximum atomic E-state index is 5.86. The predicted octanol–water partition coefficient (Wildman–Crippen LogP) is 3.05. The van der Waals surface area contributed by atoms with E-state index in [1.807, 2.05) is 0 Å². The van der Waals surface area contributed by atoms with Crippen molar-refractivity contribution in [3.8, 4) is 0 Å². The fraction of sp³-hybridized carbons (Fsp3) is 1.00. The van der Waals surface area contributed by atoms with E-state index in [1.54, 1.807) is 0 Å². The number of hydrogen-bond donors (Lipinski definition) is 1. The summed E-state index contributed by atoms with van der Waals surface area (Å²) in [6, 6.07) is 1.44. The largest absolute Gasteiger partial charge is 0.381 e. The van der Waals surface area contributed by atoms with Crippen LogP contribution in [0.3, 0.4) is 0 Å². The van der Waals surface area contributed by atoms with E-state index in [-0.39, 0.29) is 0 Å². The van der Waals surface area contributed by atoms with Gasteiger partial charge in [-0.05, 0) is 38.6 Å². The second kappa shape index (κ2) is 7.77. The highest BCUT2D eigenvalue weighted by molar-refractivity contribution is 4.93. The zero-order valence-corrected chi connectivity index (χ0v) is 13.8. The van der Waals surface area contributed by atoms with E-state index in [1.165, 1.54) is 51.6 Å². The molecule has 1 aliphatic carbocycles. The van der Waals surface area contributed by atoms with Crippen LogP contribution in [0.1, 0.15) is 59.3 Å². The Labute approximate surface area is 125 Å². The van der Waals surface area contributed by atoms with Gasteiger partial charge < -0.3 is 10.1 Å². The van der Waals surface area contributed by atoms with Crippen molar-refractivity contribution >= 4 is 0 Å². The summed E-state index contributed by atoms with van der Waals surface area (Å²) in [5.41, 5.74) is 0.346. The molecule has 2 fully saturated rings. The van der Waals surface area contributed by atoms with E-state index >= 15 is 0 Å². The summed E-state index contributed by atoms with van der Waals surface area (Å²) < 4.78 is 5.86. The Bertz CT molecular complexity index is 270. The fourth-order valence-electron chi connectivity index (χ4n) is 3.27. The third-order valence-electron chi connectivity index (χ3n) is 4.69. The molecule has 0 amide bonds. The summed E-state index contributed by atoms with van der Waals surface area (Å²) >= 11 is 0. The third-order valence-corrected chi connectivity index (χ3v) is 4.69. The number of hydrogen-bond acceptors (Lipinski definition) is 3. The average Bonchev–Trinajstić information content (AvgIpc) is 3.27. The molecule has 1 saturated heterocycles. The normalized spacial score (nSPS) is 27.4. The quantitative estimate of drug-likeness (QED) is 0.703.